The SMILES string of the molecule is C/C(=C\COP(=O)([O-])OP(=O)([O-])[O-])CC/C=C(\C)CNc1ccccc1Cl. The number of halogens is 1. The van der Waals surface area contributed by atoms with Crippen molar-refractivity contribution in [3.63, 3.8) is 0 Å². The molecule has 0 radical (unpaired) electrons. The summed E-state index contributed by atoms with van der Waals surface area (Å²) in [5, 5.41) is 3.88. The molecule has 0 heterocycles. The van der Waals surface area contributed by atoms with Gasteiger partial charge in [0.15, 0.2) is 0 Å². The molecule has 0 fully saturated rings. The Hall–Kier alpha value is -0.950. The van der Waals surface area contributed by atoms with Gasteiger partial charge in [0, 0.05) is 6.54 Å². The Morgan fingerprint density at radius 1 is 1.15 bits per heavy atom. The number of allylic oxidation sites excluding steroid dienone is 2. The van der Waals surface area contributed by atoms with Crippen molar-refractivity contribution in [1.29, 1.82) is 0 Å². The number of anilines is 1. The van der Waals surface area contributed by atoms with E-state index >= 15 is 0 Å². The van der Waals surface area contributed by atoms with Crippen LogP contribution in [0.5, 0.6) is 0 Å². The highest BCUT2D eigenvalue weighted by atomic mass is 35.5. The monoisotopic (exact) mass is 436 g/mol. The second kappa shape index (κ2) is 11.1. The Labute approximate surface area is 163 Å². The first-order valence-electron chi connectivity index (χ1n) is 7.97. The molecule has 0 saturated carbocycles. The van der Waals surface area contributed by atoms with Gasteiger partial charge in [-0.2, -0.15) is 0 Å². The van der Waals surface area contributed by atoms with Gasteiger partial charge >= 0.3 is 0 Å². The van der Waals surface area contributed by atoms with Gasteiger partial charge in [-0.05, 0) is 38.8 Å². The molecule has 0 bridgehead atoms. The van der Waals surface area contributed by atoms with Gasteiger partial charge in [0.05, 0.1) is 25.1 Å². The summed E-state index contributed by atoms with van der Waals surface area (Å²) >= 11 is 6.07. The third kappa shape index (κ3) is 11.5. The van der Waals surface area contributed by atoms with Crippen LogP contribution in [0.4, 0.5) is 5.69 Å². The molecule has 1 aromatic carbocycles. The summed E-state index contributed by atoms with van der Waals surface area (Å²) in [5.41, 5.74) is 2.80. The van der Waals surface area contributed by atoms with Crippen molar-refractivity contribution in [2.45, 2.75) is 26.7 Å². The Morgan fingerprint density at radius 3 is 2.44 bits per heavy atom. The number of nitrogens with one attached hydrogen (secondary N) is 1. The molecule has 0 saturated heterocycles. The molecule has 1 rings (SSSR count). The average molecular weight is 437 g/mol. The summed E-state index contributed by atoms with van der Waals surface area (Å²) in [6.07, 6.45) is 4.88. The number of rotatable bonds is 11. The van der Waals surface area contributed by atoms with Gasteiger partial charge in [-0.25, -0.2) is 0 Å². The van der Waals surface area contributed by atoms with Gasteiger partial charge in [0.1, 0.15) is 0 Å². The Kier molecular flexibility index (Phi) is 9.95. The fourth-order valence-electron chi connectivity index (χ4n) is 1.98. The summed E-state index contributed by atoms with van der Waals surface area (Å²) in [6.45, 7) is 3.97. The predicted octanol–water partition coefficient (Wildman–Crippen LogP) is 2.75. The molecule has 0 aliphatic carbocycles. The lowest BCUT2D eigenvalue weighted by Gasteiger charge is -2.34. The molecule has 0 amide bonds. The van der Waals surface area contributed by atoms with E-state index in [-0.39, 0.29) is 0 Å². The third-order valence-corrected chi connectivity index (χ3v) is 5.72. The van der Waals surface area contributed by atoms with Crippen molar-refractivity contribution in [2.24, 2.45) is 0 Å². The lowest BCUT2D eigenvalue weighted by atomic mass is 10.1. The number of phosphoric ester groups is 1. The zero-order valence-electron chi connectivity index (χ0n) is 14.9. The molecule has 0 spiro atoms. The molecule has 1 aromatic rings. The number of hydrogen-bond donors (Lipinski definition) is 1. The smallest absolute Gasteiger partial charge is 0.272 e. The van der Waals surface area contributed by atoms with E-state index in [2.05, 4.69) is 14.2 Å². The first kappa shape index (κ1) is 24.1. The van der Waals surface area contributed by atoms with Crippen molar-refractivity contribution in [1.82, 2.24) is 0 Å². The Bertz CT molecular complexity index is 776. The second-order valence-electron chi connectivity index (χ2n) is 5.74. The molecule has 0 aromatic heterocycles. The minimum absolute atomic E-state index is 0.413. The average Bonchev–Trinajstić information content (AvgIpc) is 2.51. The number of benzene rings is 1. The zero-order chi connectivity index (χ0) is 20.5. The van der Waals surface area contributed by atoms with E-state index in [1.165, 1.54) is 6.08 Å². The second-order valence-corrected chi connectivity index (χ2v) is 8.85. The first-order chi connectivity index (χ1) is 12.5. The zero-order valence-corrected chi connectivity index (χ0v) is 17.5. The van der Waals surface area contributed by atoms with Crippen molar-refractivity contribution in [3.8, 4) is 0 Å². The van der Waals surface area contributed by atoms with Crippen molar-refractivity contribution < 1.29 is 32.6 Å². The molecule has 8 nitrogen and oxygen atoms in total. The Balaban J connectivity index is 2.36. The van der Waals surface area contributed by atoms with E-state index in [0.29, 0.717) is 18.0 Å². The Morgan fingerprint density at radius 2 is 1.81 bits per heavy atom. The maximum atomic E-state index is 11.1. The fourth-order valence-corrected chi connectivity index (χ4v) is 3.60. The summed E-state index contributed by atoms with van der Waals surface area (Å²) in [6, 6.07) is 7.44. The van der Waals surface area contributed by atoms with E-state index in [1.807, 2.05) is 31.2 Å². The van der Waals surface area contributed by atoms with Crippen LogP contribution in [-0.2, 0) is 18.0 Å². The van der Waals surface area contributed by atoms with Gasteiger partial charge in [-0.3, -0.25) is 8.88 Å². The summed E-state index contributed by atoms with van der Waals surface area (Å²) in [7, 11) is -10.8. The molecule has 0 aliphatic heterocycles. The molecule has 152 valence electrons. The summed E-state index contributed by atoms with van der Waals surface area (Å²) < 4.78 is 29.0. The number of para-hydroxylation sites is 1. The van der Waals surface area contributed by atoms with Crippen LogP contribution in [0.1, 0.15) is 26.7 Å². The van der Waals surface area contributed by atoms with Crippen molar-refractivity contribution >= 4 is 32.9 Å². The van der Waals surface area contributed by atoms with Crippen molar-refractivity contribution in [3.05, 3.63) is 52.6 Å². The summed E-state index contributed by atoms with van der Waals surface area (Å²) in [5.74, 6) is 0. The van der Waals surface area contributed by atoms with Crippen molar-refractivity contribution in [2.75, 3.05) is 18.5 Å². The molecule has 1 unspecified atom stereocenters. The normalized spacial score (nSPS) is 15.5. The highest BCUT2D eigenvalue weighted by Gasteiger charge is 2.10. The maximum absolute atomic E-state index is 11.1. The van der Waals surface area contributed by atoms with E-state index in [1.54, 1.807) is 13.0 Å². The summed E-state index contributed by atoms with van der Waals surface area (Å²) in [4.78, 5) is 31.6. The van der Waals surface area contributed by atoms with Gasteiger partial charge in [0.25, 0.3) is 7.82 Å². The standard InChI is InChI=1S/C16H24ClNO7P2/c1-13(10-11-24-27(22,23)25-26(19,20)21)6-5-7-14(2)12-18-16-9-4-3-8-15(16)17/h3-4,7-10,18H,5-6,11-12H2,1-2H3,(H,22,23)(H2,19,20,21)/p-3/b13-10+,14-7+. The largest absolute Gasteiger partial charge is 0.790 e. The molecular weight excluding hydrogens is 416 g/mol. The quantitative estimate of drug-likeness (QED) is 0.413. The van der Waals surface area contributed by atoms with E-state index in [9.17, 15) is 23.8 Å². The van der Waals surface area contributed by atoms with Gasteiger partial charge in [-0.15, -0.1) is 0 Å². The van der Waals surface area contributed by atoms with Crippen LogP contribution < -0.4 is 20.0 Å². The molecule has 1 atom stereocenters. The molecule has 11 heteroatoms. The highest BCUT2D eigenvalue weighted by Crippen LogP contribution is 2.50. The lowest BCUT2D eigenvalue weighted by Crippen LogP contribution is -2.19. The minimum Gasteiger partial charge on any atom is -0.790 e. The highest BCUT2D eigenvalue weighted by molar-refractivity contribution is 7.58. The number of phosphoric acid groups is 2. The van der Waals surface area contributed by atoms with Crippen LogP contribution >= 0.6 is 27.2 Å². The minimum atomic E-state index is -5.66. The maximum Gasteiger partial charge on any atom is 0.272 e. The van der Waals surface area contributed by atoms with Crippen LogP contribution in [0, 0.1) is 0 Å². The topological polar surface area (TPSA) is 134 Å². The fraction of sp³-hybridized carbons (Fsp3) is 0.375. The van der Waals surface area contributed by atoms with Crippen LogP contribution in [0.3, 0.4) is 0 Å². The van der Waals surface area contributed by atoms with Crippen LogP contribution in [0.25, 0.3) is 0 Å². The molecule has 1 N–H and O–H groups in total. The van der Waals surface area contributed by atoms with E-state index < -0.39 is 22.3 Å². The van der Waals surface area contributed by atoms with E-state index in [0.717, 1.165) is 23.3 Å². The van der Waals surface area contributed by atoms with Gasteiger partial charge in [-0.1, -0.05) is 47.0 Å². The molecule has 0 aliphatic rings. The van der Waals surface area contributed by atoms with E-state index in [4.69, 9.17) is 11.6 Å². The van der Waals surface area contributed by atoms with Crippen LogP contribution in [0.15, 0.2) is 47.6 Å². The van der Waals surface area contributed by atoms with Crippen LogP contribution in [0.2, 0.25) is 5.02 Å². The van der Waals surface area contributed by atoms with Gasteiger partial charge in [0.2, 0.25) is 0 Å². The lowest BCUT2D eigenvalue weighted by molar-refractivity contribution is -0.339. The molecular formula is C16H21ClNO7P2-3. The number of hydrogen-bond acceptors (Lipinski definition) is 8. The molecule has 27 heavy (non-hydrogen) atoms. The predicted molar refractivity (Wildman–Crippen MR) is 98.9 cm³/mol. The first-order valence-corrected chi connectivity index (χ1v) is 11.3. The van der Waals surface area contributed by atoms with Gasteiger partial charge < -0.3 is 29.1 Å². The van der Waals surface area contributed by atoms with Crippen LogP contribution in [-0.4, -0.2) is 13.2 Å². The third-order valence-electron chi connectivity index (χ3n) is 3.33.